The fourth-order valence-corrected chi connectivity index (χ4v) is 2.45. The number of rotatable bonds is 3. The van der Waals surface area contributed by atoms with Crippen LogP contribution >= 0.6 is 0 Å². The zero-order valence-electron chi connectivity index (χ0n) is 10.8. The Hall–Kier alpha value is -2.17. The number of nitrogens with zero attached hydrogens (tertiary/aromatic N) is 1. The van der Waals surface area contributed by atoms with Crippen LogP contribution in [0.5, 0.6) is 0 Å². The highest BCUT2D eigenvalue weighted by Gasteiger charge is 2.56. The van der Waals surface area contributed by atoms with Gasteiger partial charge in [-0.05, 0) is 19.4 Å². The monoisotopic (exact) mass is 261 g/mol. The highest BCUT2D eigenvalue weighted by atomic mass is 16.4. The van der Waals surface area contributed by atoms with Crippen LogP contribution in [0.1, 0.15) is 19.4 Å². The lowest BCUT2D eigenvalue weighted by Crippen LogP contribution is -2.45. The first kappa shape index (κ1) is 13.3. The summed E-state index contributed by atoms with van der Waals surface area (Å²) < 4.78 is 0. The molecule has 5 heteroatoms. The number of benzene rings is 1. The third-order valence-corrected chi connectivity index (χ3v) is 3.55. The molecule has 19 heavy (non-hydrogen) atoms. The molecule has 1 N–H and O–H groups in total. The van der Waals surface area contributed by atoms with E-state index in [-0.39, 0.29) is 6.54 Å². The predicted octanol–water partition coefficient (Wildman–Crippen LogP) is 1.08. The lowest BCUT2D eigenvalue weighted by atomic mass is 9.87. The second-order valence-electron chi connectivity index (χ2n) is 5.17. The van der Waals surface area contributed by atoms with Crippen LogP contribution in [-0.4, -0.2) is 33.2 Å². The minimum absolute atomic E-state index is 0.238. The predicted molar refractivity (Wildman–Crippen MR) is 67.2 cm³/mol. The van der Waals surface area contributed by atoms with Gasteiger partial charge in [-0.1, -0.05) is 30.3 Å². The maximum absolute atomic E-state index is 12.0. The molecular formula is C14H15NO4. The van der Waals surface area contributed by atoms with E-state index in [0.717, 1.165) is 5.56 Å². The lowest BCUT2D eigenvalue weighted by molar-refractivity contribution is -0.148. The van der Waals surface area contributed by atoms with Crippen molar-refractivity contribution in [2.75, 3.05) is 0 Å². The van der Waals surface area contributed by atoms with Crippen LogP contribution in [0.25, 0.3) is 0 Å². The van der Waals surface area contributed by atoms with Crippen LogP contribution in [0, 0.1) is 5.92 Å². The maximum Gasteiger partial charge on any atom is 0.317 e. The molecule has 2 rings (SSSR count). The van der Waals surface area contributed by atoms with Gasteiger partial charge in [0, 0.05) is 6.54 Å². The summed E-state index contributed by atoms with van der Waals surface area (Å²) in [5.74, 6) is -4.11. The SMILES string of the molecule is CC1(C)C(C(=O)O)C(=O)C(=O)N1Cc1ccccc1. The standard InChI is InChI=1S/C14H15NO4/c1-14(2)10(13(18)19)11(16)12(17)15(14)8-9-6-4-3-5-7-9/h3-7,10H,8H2,1-2H3,(H,18,19). The third kappa shape index (κ3) is 2.12. The Kier molecular flexibility index (Phi) is 3.14. The van der Waals surface area contributed by atoms with E-state index in [0.29, 0.717) is 0 Å². The molecule has 0 aromatic heterocycles. The van der Waals surface area contributed by atoms with Crippen molar-refractivity contribution in [3.05, 3.63) is 35.9 Å². The molecule has 1 aliphatic rings. The summed E-state index contributed by atoms with van der Waals surface area (Å²) >= 11 is 0. The molecule has 1 aliphatic heterocycles. The topological polar surface area (TPSA) is 74.7 Å². The molecule has 5 nitrogen and oxygen atoms in total. The third-order valence-electron chi connectivity index (χ3n) is 3.55. The van der Waals surface area contributed by atoms with E-state index in [9.17, 15) is 14.4 Å². The molecule has 1 amide bonds. The maximum atomic E-state index is 12.0. The van der Waals surface area contributed by atoms with Crippen LogP contribution in [0.2, 0.25) is 0 Å². The van der Waals surface area contributed by atoms with Crippen molar-refractivity contribution in [2.45, 2.75) is 25.9 Å². The number of likely N-dealkylation sites (tertiary alicyclic amines) is 1. The molecule has 1 atom stereocenters. The van der Waals surface area contributed by atoms with Gasteiger partial charge in [0.15, 0.2) is 0 Å². The van der Waals surface area contributed by atoms with Crippen molar-refractivity contribution in [3.63, 3.8) is 0 Å². The zero-order chi connectivity index (χ0) is 14.2. The Morgan fingerprint density at radius 2 is 1.84 bits per heavy atom. The number of carbonyl (C=O) groups is 3. The molecule has 1 aromatic rings. The molecule has 1 saturated heterocycles. The summed E-state index contributed by atoms with van der Waals surface area (Å²) in [5, 5.41) is 9.12. The fourth-order valence-electron chi connectivity index (χ4n) is 2.45. The first-order valence-corrected chi connectivity index (χ1v) is 5.98. The van der Waals surface area contributed by atoms with Gasteiger partial charge >= 0.3 is 5.97 Å². The van der Waals surface area contributed by atoms with Gasteiger partial charge in [-0.3, -0.25) is 14.4 Å². The summed E-state index contributed by atoms with van der Waals surface area (Å²) in [4.78, 5) is 36.3. The number of carboxylic acids is 1. The molecule has 1 unspecified atom stereocenters. The Bertz CT molecular complexity index is 536. The quantitative estimate of drug-likeness (QED) is 0.652. The van der Waals surface area contributed by atoms with Gasteiger partial charge < -0.3 is 10.0 Å². The number of ketones is 1. The van der Waals surface area contributed by atoms with Crippen molar-refractivity contribution in [1.29, 1.82) is 0 Å². The van der Waals surface area contributed by atoms with Gasteiger partial charge in [0.2, 0.25) is 5.78 Å². The molecule has 1 heterocycles. The van der Waals surface area contributed by atoms with Crippen molar-refractivity contribution >= 4 is 17.7 Å². The zero-order valence-corrected chi connectivity index (χ0v) is 10.8. The number of amides is 1. The average Bonchev–Trinajstić information content (AvgIpc) is 2.50. The van der Waals surface area contributed by atoms with Crippen molar-refractivity contribution < 1.29 is 19.5 Å². The van der Waals surface area contributed by atoms with E-state index >= 15 is 0 Å². The van der Waals surface area contributed by atoms with E-state index in [1.807, 2.05) is 30.3 Å². The van der Waals surface area contributed by atoms with E-state index in [1.54, 1.807) is 13.8 Å². The number of hydrogen-bond donors (Lipinski definition) is 1. The number of hydrogen-bond acceptors (Lipinski definition) is 3. The number of aliphatic carboxylic acids is 1. The number of carbonyl (C=O) groups excluding carboxylic acids is 2. The summed E-state index contributed by atoms with van der Waals surface area (Å²) in [6, 6.07) is 9.19. The Morgan fingerprint density at radius 3 is 2.32 bits per heavy atom. The van der Waals surface area contributed by atoms with Crippen molar-refractivity contribution in [1.82, 2.24) is 4.90 Å². The average molecular weight is 261 g/mol. The first-order valence-electron chi connectivity index (χ1n) is 5.98. The summed E-state index contributed by atoms with van der Waals surface area (Å²) in [7, 11) is 0. The van der Waals surface area contributed by atoms with E-state index in [4.69, 9.17) is 5.11 Å². The van der Waals surface area contributed by atoms with Crippen LogP contribution in [0.4, 0.5) is 0 Å². The highest BCUT2D eigenvalue weighted by Crippen LogP contribution is 2.34. The smallest absolute Gasteiger partial charge is 0.317 e. The highest BCUT2D eigenvalue weighted by molar-refractivity contribution is 6.42. The summed E-state index contributed by atoms with van der Waals surface area (Å²) in [6.45, 7) is 3.46. The van der Waals surface area contributed by atoms with Gasteiger partial charge in [-0.15, -0.1) is 0 Å². The minimum Gasteiger partial charge on any atom is -0.481 e. The Balaban J connectivity index is 2.33. The van der Waals surface area contributed by atoms with Gasteiger partial charge in [-0.25, -0.2) is 0 Å². The van der Waals surface area contributed by atoms with Gasteiger partial charge in [-0.2, -0.15) is 0 Å². The molecular weight excluding hydrogens is 246 g/mol. The lowest BCUT2D eigenvalue weighted by Gasteiger charge is -2.33. The fraction of sp³-hybridized carbons (Fsp3) is 0.357. The molecule has 0 radical (unpaired) electrons. The second-order valence-corrected chi connectivity index (χ2v) is 5.17. The van der Waals surface area contributed by atoms with Crippen LogP contribution in [-0.2, 0) is 20.9 Å². The van der Waals surface area contributed by atoms with Gasteiger partial charge in [0.05, 0.1) is 5.54 Å². The van der Waals surface area contributed by atoms with E-state index < -0.39 is 29.1 Å². The first-order chi connectivity index (χ1) is 8.85. The molecule has 0 aliphatic carbocycles. The van der Waals surface area contributed by atoms with E-state index in [1.165, 1.54) is 4.90 Å². The van der Waals surface area contributed by atoms with Gasteiger partial charge in [0.25, 0.3) is 5.91 Å². The largest absolute Gasteiger partial charge is 0.481 e. The van der Waals surface area contributed by atoms with Crippen molar-refractivity contribution in [3.8, 4) is 0 Å². The summed E-state index contributed by atoms with van der Waals surface area (Å²) in [6.07, 6.45) is 0. The molecule has 0 bridgehead atoms. The van der Waals surface area contributed by atoms with Crippen LogP contribution < -0.4 is 0 Å². The van der Waals surface area contributed by atoms with Gasteiger partial charge in [0.1, 0.15) is 5.92 Å². The van der Waals surface area contributed by atoms with E-state index in [2.05, 4.69) is 0 Å². The van der Waals surface area contributed by atoms with Crippen LogP contribution in [0.15, 0.2) is 30.3 Å². The Labute approximate surface area is 110 Å². The Morgan fingerprint density at radius 1 is 1.26 bits per heavy atom. The molecule has 0 saturated carbocycles. The van der Waals surface area contributed by atoms with Crippen molar-refractivity contribution in [2.24, 2.45) is 5.92 Å². The summed E-state index contributed by atoms with van der Waals surface area (Å²) in [5.41, 5.74) is -0.154. The molecule has 1 fully saturated rings. The molecule has 0 spiro atoms. The minimum atomic E-state index is -1.30. The number of Topliss-reactive ketones (excluding diaryl/α,β-unsaturated/α-hetero) is 1. The number of carboxylic acid groups (broad SMARTS) is 1. The second kappa shape index (κ2) is 4.50. The normalized spacial score (nSPS) is 21.8. The molecule has 100 valence electrons. The molecule has 1 aromatic carbocycles. The van der Waals surface area contributed by atoms with Crippen LogP contribution in [0.3, 0.4) is 0 Å².